The normalized spacial score (nSPS) is 12.8. The molecule has 2 aromatic carbocycles. The minimum Gasteiger partial charge on any atom is -0.481 e. The summed E-state index contributed by atoms with van der Waals surface area (Å²) in [6.45, 7) is 3.70. The van der Waals surface area contributed by atoms with Crippen LogP contribution in [0.3, 0.4) is 0 Å². The number of hydrogen-bond donors (Lipinski definition) is 4. The van der Waals surface area contributed by atoms with Gasteiger partial charge >= 0.3 is 11.9 Å². The maximum atomic E-state index is 11.2. The minimum atomic E-state index is -0.821. The summed E-state index contributed by atoms with van der Waals surface area (Å²) in [5.74, 6) is -2.63. The summed E-state index contributed by atoms with van der Waals surface area (Å²) >= 11 is 0. The third-order valence-electron chi connectivity index (χ3n) is 4.39. The van der Waals surface area contributed by atoms with Crippen LogP contribution in [0.25, 0.3) is 0 Å². The first-order valence-electron chi connectivity index (χ1n) is 8.63. The van der Waals surface area contributed by atoms with Gasteiger partial charge in [0.2, 0.25) is 0 Å². The van der Waals surface area contributed by atoms with Crippen LogP contribution in [0.1, 0.15) is 49.7 Å². The highest BCUT2D eigenvalue weighted by Gasteiger charge is 2.18. The maximum absolute atomic E-state index is 11.2. The Labute approximate surface area is 152 Å². The largest absolute Gasteiger partial charge is 0.481 e. The molecule has 0 aliphatic rings. The number of carbonyl (C=O) groups is 2. The van der Waals surface area contributed by atoms with E-state index in [1.165, 1.54) is 0 Å². The zero-order valence-electron chi connectivity index (χ0n) is 14.9. The van der Waals surface area contributed by atoms with E-state index >= 15 is 0 Å². The summed E-state index contributed by atoms with van der Waals surface area (Å²) in [5.41, 5.74) is 9.24. The number of hydrazine groups is 1. The van der Waals surface area contributed by atoms with Crippen LogP contribution in [-0.4, -0.2) is 22.2 Å². The molecule has 26 heavy (non-hydrogen) atoms. The second-order valence-corrected chi connectivity index (χ2v) is 6.09. The molecule has 2 rings (SSSR count). The van der Waals surface area contributed by atoms with E-state index in [9.17, 15) is 19.8 Å². The molecule has 4 N–H and O–H groups in total. The average Bonchev–Trinajstić information content (AvgIpc) is 2.62. The Morgan fingerprint density at radius 1 is 0.731 bits per heavy atom. The van der Waals surface area contributed by atoms with Gasteiger partial charge in [0, 0.05) is 0 Å². The maximum Gasteiger partial charge on any atom is 0.310 e. The van der Waals surface area contributed by atoms with Gasteiger partial charge in [-0.3, -0.25) is 9.59 Å². The number of anilines is 2. The van der Waals surface area contributed by atoms with Crippen molar-refractivity contribution in [1.82, 2.24) is 0 Å². The predicted molar refractivity (Wildman–Crippen MR) is 101 cm³/mol. The number of aliphatic carboxylic acids is 2. The van der Waals surface area contributed by atoms with Crippen LogP contribution < -0.4 is 10.9 Å². The van der Waals surface area contributed by atoms with Crippen molar-refractivity contribution in [2.24, 2.45) is 0 Å². The summed E-state index contributed by atoms with van der Waals surface area (Å²) in [7, 11) is 0. The molecule has 0 saturated heterocycles. The lowest BCUT2D eigenvalue weighted by Gasteiger charge is -2.14. The molecule has 2 unspecified atom stereocenters. The molecular formula is C20H24N2O4. The van der Waals surface area contributed by atoms with Crippen molar-refractivity contribution in [3.63, 3.8) is 0 Å². The summed E-state index contributed by atoms with van der Waals surface area (Å²) in [6.07, 6.45) is 1.09. The van der Waals surface area contributed by atoms with Crippen molar-refractivity contribution in [1.29, 1.82) is 0 Å². The van der Waals surface area contributed by atoms with Gasteiger partial charge in [-0.2, -0.15) is 0 Å². The molecule has 2 atom stereocenters. The van der Waals surface area contributed by atoms with Crippen molar-refractivity contribution < 1.29 is 19.8 Å². The van der Waals surface area contributed by atoms with Crippen LogP contribution in [0, 0.1) is 0 Å². The predicted octanol–water partition coefficient (Wildman–Crippen LogP) is 4.28. The van der Waals surface area contributed by atoms with Crippen molar-refractivity contribution in [3.8, 4) is 0 Å². The standard InChI is InChI=1S/C20H24N2O4/c1-3-17(19(23)24)13-5-9-15(10-6-13)21-22-16-11-7-14(8-12-16)18(4-2)20(25)26/h5-12,17-18,21-22H,3-4H2,1-2H3,(H,23,24)(H,25,26). The number of benzene rings is 2. The highest BCUT2D eigenvalue weighted by atomic mass is 16.4. The van der Waals surface area contributed by atoms with Gasteiger partial charge in [-0.25, -0.2) is 0 Å². The zero-order valence-corrected chi connectivity index (χ0v) is 14.9. The van der Waals surface area contributed by atoms with Gasteiger partial charge in [0.15, 0.2) is 0 Å². The quantitative estimate of drug-likeness (QED) is 0.501. The summed E-state index contributed by atoms with van der Waals surface area (Å²) in [4.78, 5) is 22.4. The summed E-state index contributed by atoms with van der Waals surface area (Å²) in [6, 6.07) is 14.5. The Bertz CT molecular complexity index is 676. The van der Waals surface area contributed by atoms with E-state index in [1.54, 1.807) is 24.3 Å². The summed E-state index contributed by atoms with van der Waals surface area (Å²) in [5, 5.41) is 18.4. The fourth-order valence-corrected chi connectivity index (χ4v) is 2.85. The molecule has 0 saturated carbocycles. The molecule has 0 aliphatic heterocycles. The molecule has 0 radical (unpaired) electrons. The van der Waals surface area contributed by atoms with Crippen molar-refractivity contribution in [2.45, 2.75) is 38.5 Å². The molecule has 6 heteroatoms. The Hall–Kier alpha value is -3.02. The van der Waals surface area contributed by atoms with Crippen LogP contribution in [0.2, 0.25) is 0 Å². The number of hydrogen-bond acceptors (Lipinski definition) is 4. The zero-order chi connectivity index (χ0) is 19.1. The lowest BCUT2D eigenvalue weighted by atomic mass is 9.96. The molecule has 0 amide bonds. The van der Waals surface area contributed by atoms with Gasteiger partial charge in [-0.15, -0.1) is 0 Å². The SMILES string of the molecule is CCC(C(=O)O)c1ccc(NNc2ccc(C(CC)C(=O)O)cc2)cc1. The molecule has 0 fully saturated rings. The molecule has 0 heterocycles. The first kappa shape index (κ1) is 19.3. The van der Waals surface area contributed by atoms with Crippen LogP contribution in [0.4, 0.5) is 11.4 Å². The van der Waals surface area contributed by atoms with E-state index < -0.39 is 23.8 Å². The topological polar surface area (TPSA) is 98.7 Å². The van der Waals surface area contributed by atoms with Crippen molar-refractivity contribution in [2.75, 3.05) is 10.9 Å². The first-order chi connectivity index (χ1) is 12.5. The van der Waals surface area contributed by atoms with Gasteiger partial charge in [0.05, 0.1) is 23.2 Å². The molecule has 0 aromatic heterocycles. The first-order valence-corrected chi connectivity index (χ1v) is 8.63. The fraction of sp³-hybridized carbons (Fsp3) is 0.300. The number of carboxylic acid groups (broad SMARTS) is 2. The van der Waals surface area contributed by atoms with Crippen LogP contribution in [-0.2, 0) is 9.59 Å². The van der Waals surface area contributed by atoms with Crippen LogP contribution in [0.5, 0.6) is 0 Å². The lowest BCUT2D eigenvalue weighted by Crippen LogP contribution is -2.12. The molecule has 0 aliphatic carbocycles. The Morgan fingerprint density at radius 2 is 1.04 bits per heavy atom. The van der Waals surface area contributed by atoms with E-state index in [2.05, 4.69) is 10.9 Å². The number of carboxylic acids is 2. The van der Waals surface area contributed by atoms with E-state index in [0.717, 1.165) is 22.5 Å². The summed E-state index contributed by atoms with van der Waals surface area (Å²) < 4.78 is 0. The average molecular weight is 356 g/mol. The van der Waals surface area contributed by atoms with Gasteiger partial charge < -0.3 is 21.1 Å². The van der Waals surface area contributed by atoms with E-state index in [1.807, 2.05) is 38.1 Å². The molecule has 138 valence electrons. The monoisotopic (exact) mass is 356 g/mol. The van der Waals surface area contributed by atoms with Gasteiger partial charge in [-0.1, -0.05) is 38.1 Å². The molecule has 0 bridgehead atoms. The van der Waals surface area contributed by atoms with Crippen LogP contribution in [0.15, 0.2) is 48.5 Å². The number of rotatable bonds is 9. The van der Waals surface area contributed by atoms with Crippen molar-refractivity contribution in [3.05, 3.63) is 59.7 Å². The molecule has 0 spiro atoms. The van der Waals surface area contributed by atoms with E-state index in [-0.39, 0.29) is 0 Å². The van der Waals surface area contributed by atoms with Gasteiger partial charge in [0.1, 0.15) is 0 Å². The van der Waals surface area contributed by atoms with Crippen molar-refractivity contribution >= 4 is 23.3 Å². The molecule has 2 aromatic rings. The Kier molecular flexibility index (Phi) is 6.60. The highest BCUT2D eigenvalue weighted by Crippen LogP contribution is 2.23. The second kappa shape index (κ2) is 8.89. The van der Waals surface area contributed by atoms with E-state index in [4.69, 9.17) is 0 Å². The van der Waals surface area contributed by atoms with E-state index in [0.29, 0.717) is 12.8 Å². The number of nitrogens with one attached hydrogen (secondary N) is 2. The molecular weight excluding hydrogens is 332 g/mol. The molecule has 6 nitrogen and oxygen atoms in total. The minimum absolute atomic E-state index is 0.495. The smallest absolute Gasteiger partial charge is 0.310 e. The van der Waals surface area contributed by atoms with Gasteiger partial charge in [-0.05, 0) is 48.2 Å². The third kappa shape index (κ3) is 4.75. The van der Waals surface area contributed by atoms with Gasteiger partial charge in [0.25, 0.3) is 0 Å². The van der Waals surface area contributed by atoms with Crippen LogP contribution >= 0.6 is 0 Å². The lowest BCUT2D eigenvalue weighted by molar-refractivity contribution is -0.139. The third-order valence-corrected chi connectivity index (χ3v) is 4.39. The highest BCUT2D eigenvalue weighted by molar-refractivity contribution is 5.77. The fourth-order valence-electron chi connectivity index (χ4n) is 2.85. The Morgan fingerprint density at radius 3 is 1.27 bits per heavy atom. The second-order valence-electron chi connectivity index (χ2n) is 6.09. The Balaban J connectivity index is 1.98.